The third-order valence-electron chi connectivity index (χ3n) is 1.86. The average molecular weight is 181 g/mol. The quantitative estimate of drug-likeness (QED) is 0.558. The summed E-state index contributed by atoms with van der Waals surface area (Å²) in [5.74, 6) is 0.215. The van der Waals surface area contributed by atoms with Gasteiger partial charge in [0.15, 0.2) is 0 Å². The summed E-state index contributed by atoms with van der Waals surface area (Å²) in [4.78, 5) is 9.84. The Morgan fingerprint density at radius 1 is 1.38 bits per heavy atom. The number of hydrogen-bond donors (Lipinski definition) is 1. The first-order valence-electron chi connectivity index (χ1n) is 3.91. The molecule has 0 aromatic heterocycles. The number of aryl methyl sites for hydroxylation is 2. The van der Waals surface area contributed by atoms with E-state index in [1.807, 2.05) is 0 Å². The first-order chi connectivity index (χ1) is 6.00. The van der Waals surface area contributed by atoms with Gasteiger partial charge in [0.05, 0.1) is 0 Å². The topological polar surface area (TPSA) is 63.4 Å². The van der Waals surface area contributed by atoms with Gasteiger partial charge in [0.25, 0.3) is 0 Å². The smallest absolute Gasteiger partial charge is 0.228 e. The fraction of sp³-hybridized carbons (Fsp3) is 0.333. The van der Waals surface area contributed by atoms with E-state index in [2.05, 4.69) is 0 Å². The molecule has 0 fully saturated rings. The van der Waals surface area contributed by atoms with Crippen LogP contribution in [0.5, 0.6) is 5.75 Å². The van der Waals surface area contributed by atoms with E-state index in [1.165, 1.54) is 0 Å². The van der Waals surface area contributed by atoms with Gasteiger partial charge in [-0.3, -0.25) is 10.1 Å². The maximum Gasteiger partial charge on any atom is 0.228 e. The van der Waals surface area contributed by atoms with Crippen molar-refractivity contribution >= 4 is 0 Å². The summed E-state index contributed by atoms with van der Waals surface area (Å²) in [6, 6.07) is 3.26. The van der Waals surface area contributed by atoms with Crippen LogP contribution in [0.25, 0.3) is 0 Å². The summed E-state index contributed by atoms with van der Waals surface area (Å²) >= 11 is 0. The van der Waals surface area contributed by atoms with E-state index in [1.54, 1.807) is 26.0 Å². The lowest BCUT2D eigenvalue weighted by atomic mass is 10.1. The largest absolute Gasteiger partial charge is 0.507 e. The summed E-state index contributed by atoms with van der Waals surface area (Å²) in [6.45, 7) is 3.26. The van der Waals surface area contributed by atoms with Crippen molar-refractivity contribution in [3.05, 3.63) is 38.9 Å². The van der Waals surface area contributed by atoms with E-state index < -0.39 is 0 Å². The number of aromatic hydroxyl groups is 1. The monoisotopic (exact) mass is 181 g/mol. The minimum atomic E-state index is -0.384. The Kier molecular flexibility index (Phi) is 2.51. The maximum absolute atomic E-state index is 10.2. The Labute approximate surface area is 76.0 Å². The van der Waals surface area contributed by atoms with Crippen molar-refractivity contribution in [1.29, 1.82) is 0 Å². The molecule has 0 aliphatic rings. The highest BCUT2D eigenvalue weighted by atomic mass is 16.6. The van der Waals surface area contributed by atoms with E-state index in [0.29, 0.717) is 16.7 Å². The van der Waals surface area contributed by atoms with Crippen molar-refractivity contribution in [1.82, 2.24) is 0 Å². The molecule has 0 atom stereocenters. The second-order valence-corrected chi connectivity index (χ2v) is 3.07. The standard InChI is InChI=1S/C9H11NO3/c1-6-3-8(5-10(12)13)4-7(2)9(6)11/h3-4,11H,5H2,1-2H3. The number of nitro groups is 1. The highest BCUT2D eigenvalue weighted by Crippen LogP contribution is 2.22. The van der Waals surface area contributed by atoms with E-state index in [0.717, 1.165) is 0 Å². The zero-order valence-corrected chi connectivity index (χ0v) is 7.57. The number of nitrogens with zero attached hydrogens (tertiary/aromatic N) is 1. The van der Waals surface area contributed by atoms with Gasteiger partial charge < -0.3 is 5.11 Å². The molecule has 13 heavy (non-hydrogen) atoms. The fourth-order valence-corrected chi connectivity index (χ4v) is 1.29. The van der Waals surface area contributed by atoms with Crippen molar-refractivity contribution < 1.29 is 10.0 Å². The molecule has 0 heterocycles. The summed E-state index contributed by atoms with van der Waals surface area (Å²) in [7, 11) is 0. The van der Waals surface area contributed by atoms with Gasteiger partial charge in [-0.2, -0.15) is 0 Å². The minimum absolute atomic E-state index is 0.193. The number of phenolic OH excluding ortho intramolecular Hbond substituents is 1. The van der Waals surface area contributed by atoms with Gasteiger partial charge in [0, 0.05) is 10.5 Å². The lowest BCUT2D eigenvalue weighted by molar-refractivity contribution is -0.496. The molecule has 0 saturated carbocycles. The van der Waals surface area contributed by atoms with E-state index in [-0.39, 0.29) is 17.2 Å². The highest BCUT2D eigenvalue weighted by molar-refractivity contribution is 5.41. The van der Waals surface area contributed by atoms with Crippen LogP contribution in [0.3, 0.4) is 0 Å². The van der Waals surface area contributed by atoms with Gasteiger partial charge in [-0.25, -0.2) is 0 Å². The minimum Gasteiger partial charge on any atom is -0.507 e. The van der Waals surface area contributed by atoms with E-state index in [9.17, 15) is 15.2 Å². The zero-order chi connectivity index (χ0) is 10.0. The molecule has 1 aromatic carbocycles. The molecule has 1 rings (SSSR count). The molecule has 0 radical (unpaired) electrons. The van der Waals surface area contributed by atoms with Crippen molar-refractivity contribution in [2.75, 3.05) is 0 Å². The molecule has 0 unspecified atom stereocenters. The predicted octanol–water partition coefficient (Wildman–Crippen LogP) is 1.79. The van der Waals surface area contributed by atoms with E-state index in [4.69, 9.17) is 0 Å². The Balaban J connectivity index is 3.06. The first kappa shape index (κ1) is 9.51. The number of hydrogen-bond acceptors (Lipinski definition) is 3. The fourth-order valence-electron chi connectivity index (χ4n) is 1.29. The van der Waals surface area contributed by atoms with Crippen LogP contribution < -0.4 is 0 Å². The van der Waals surface area contributed by atoms with Gasteiger partial charge in [-0.15, -0.1) is 0 Å². The second-order valence-electron chi connectivity index (χ2n) is 3.07. The molecule has 0 amide bonds. The molecule has 0 aliphatic carbocycles. The van der Waals surface area contributed by atoms with Gasteiger partial charge in [0.1, 0.15) is 5.75 Å². The molecular weight excluding hydrogens is 170 g/mol. The van der Waals surface area contributed by atoms with Crippen LogP contribution in [-0.4, -0.2) is 10.0 Å². The lowest BCUT2D eigenvalue weighted by Crippen LogP contribution is -1.99. The molecular formula is C9H11NO3. The average Bonchev–Trinajstić information content (AvgIpc) is 1.98. The second kappa shape index (κ2) is 3.43. The molecule has 0 bridgehead atoms. The lowest BCUT2D eigenvalue weighted by Gasteiger charge is -2.04. The van der Waals surface area contributed by atoms with Gasteiger partial charge in [-0.05, 0) is 37.1 Å². The number of benzene rings is 1. The van der Waals surface area contributed by atoms with Crippen molar-refractivity contribution in [2.24, 2.45) is 0 Å². The van der Waals surface area contributed by atoms with Crippen LogP contribution >= 0.6 is 0 Å². The maximum atomic E-state index is 10.2. The third-order valence-corrected chi connectivity index (χ3v) is 1.86. The molecule has 4 nitrogen and oxygen atoms in total. The number of phenols is 1. The molecule has 0 aliphatic heterocycles. The van der Waals surface area contributed by atoms with Crippen LogP contribution in [0, 0.1) is 24.0 Å². The zero-order valence-electron chi connectivity index (χ0n) is 7.57. The first-order valence-corrected chi connectivity index (χ1v) is 3.91. The Morgan fingerprint density at radius 2 is 1.85 bits per heavy atom. The molecule has 0 saturated heterocycles. The molecule has 1 N–H and O–H groups in total. The molecule has 1 aromatic rings. The summed E-state index contributed by atoms with van der Waals surface area (Å²) in [6.07, 6.45) is 0. The van der Waals surface area contributed by atoms with E-state index >= 15 is 0 Å². The van der Waals surface area contributed by atoms with Gasteiger partial charge >= 0.3 is 0 Å². The predicted molar refractivity (Wildman–Crippen MR) is 48.3 cm³/mol. The van der Waals surface area contributed by atoms with Crippen LogP contribution in [0.1, 0.15) is 16.7 Å². The van der Waals surface area contributed by atoms with Crippen molar-refractivity contribution in [3.8, 4) is 5.75 Å². The summed E-state index contributed by atoms with van der Waals surface area (Å²) < 4.78 is 0. The summed E-state index contributed by atoms with van der Waals surface area (Å²) in [5, 5.41) is 19.6. The molecule has 0 spiro atoms. The third kappa shape index (κ3) is 2.18. The molecule has 70 valence electrons. The Bertz CT molecular complexity index is 324. The Morgan fingerprint density at radius 3 is 2.23 bits per heavy atom. The SMILES string of the molecule is Cc1cc(C[N+](=O)[O-])cc(C)c1O. The number of rotatable bonds is 2. The van der Waals surface area contributed by atoms with Crippen molar-refractivity contribution in [2.45, 2.75) is 20.4 Å². The molecule has 4 heteroatoms. The van der Waals surface area contributed by atoms with Gasteiger partial charge in [-0.1, -0.05) is 0 Å². The van der Waals surface area contributed by atoms with Gasteiger partial charge in [0.2, 0.25) is 6.54 Å². The van der Waals surface area contributed by atoms with Crippen LogP contribution in [0.4, 0.5) is 0 Å². The highest BCUT2D eigenvalue weighted by Gasteiger charge is 2.06. The van der Waals surface area contributed by atoms with Crippen LogP contribution in [-0.2, 0) is 6.54 Å². The normalized spacial score (nSPS) is 10.0. The van der Waals surface area contributed by atoms with Crippen molar-refractivity contribution in [3.63, 3.8) is 0 Å². The summed E-state index contributed by atoms with van der Waals surface area (Å²) in [5.41, 5.74) is 1.98. The van der Waals surface area contributed by atoms with Crippen LogP contribution in [0.15, 0.2) is 12.1 Å². The Hall–Kier alpha value is -1.58. The van der Waals surface area contributed by atoms with Crippen LogP contribution in [0.2, 0.25) is 0 Å².